The summed E-state index contributed by atoms with van der Waals surface area (Å²) in [6.07, 6.45) is 1.43. The Balaban J connectivity index is 2.40. The van der Waals surface area contributed by atoms with Crippen LogP contribution in [0.5, 0.6) is 0 Å². The fourth-order valence-electron chi connectivity index (χ4n) is 1.54. The van der Waals surface area contributed by atoms with Crippen molar-refractivity contribution in [2.75, 3.05) is 12.3 Å². The van der Waals surface area contributed by atoms with Gasteiger partial charge in [0, 0.05) is 17.4 Å². The van der Waals surface area contributed by atoms with Crippen molar-refractivity contribution < 1.29 is 13.9 Å². The zero-order valence-corrected chi connectivity index (χ0v) is 10.3. The second-order valence-electron chi connectivity index (χ2n) is 3.72. The van der Waals surface area contributed by atoms with E-state index in [1.165, 1.54) is 30.5 Å². The van der Waals surface area contributed by atoms with E-state index in [9.17, 15) is 9.18 Å². The molecule has 19 heavy (non-hydrogen) atoms. The summed E-state index contributed by atoms with van der Waals surface area (Å²) in [4.78, 5) is 19.6. The van der Waals surface area contributed by atoms with Crippen molar-refractivity contribution in [3.63, 3.8) is 0 Å². The highest BCUT2D eigenvalue weighted by Crippen LogP contribution is 2.23. The van der Waals surface area contributed by atoms with E-state index in [2.05, 4.69) is 9.97 Å². The van der Waals surface area contributed by atoms with Crippen molar-refractivity contribution in [1.29, 1.82) is 0 Å². The zero-order chi connectivity index (χ0) is 13.8. The fraction of sp³-hybridized carbons (Fsp3) is 0.154. The molecule has 2 N–H and O–H groups in total. The van der Waals surface area contributed by atoms with Gasteiger partial charge in [-0.15, -0.1) is 0 Å². The molecule has 98 valence electrons. The Labute approximate surface area is 109 Å². The minimum Gasteiger partial charge on any atom is -0.461 e. The van der Waals surface area contributed by atoms with Crippen LogP contribution < -0.4 is 5.73 Å². The Bertz CT molecular complexity index is 617. The lowest BCUT2D eigenvalue weighted by Crippen LogP contribution is -2.08. The van der Waals surface area contributed by atoms with Gasteiger partial charge >= 0.3 is 5.97 Å². The quantitative estimate of drug-likeness (QED) is 0.675. The topological polar surface area (TPSA) is 78.1 Å². The van der Waals surface area contributed by atoms with Crippen molar-refractivity contribution in [3.8, 4) is 11.4 Å². The number of carbonyl (C=O) groups excluding carboxylic acids is 1. The van der Waals surface area contributed by atoms with Gasteiger partial charge in [0.25, 0.3) is 0 Å². The molecule has 0 unspecified atom stereocenters. The smallest absolute Gasteiger partial charge is 0.357 e. The molecule has 1 heterocycles. The maximum Gasteiger partial charge on any atom is 0.357 e. The molecule has 0 fully saturated rings. The minimum atomic E-state index is -0.535. The first-order valence-corrected chi connectivity index (χ1v) is 5.67. The summed E-state index contributed by atoms with van der Waals surface area (Å²) in [5.41, 5.74) is 6.51. The molecule has 2 rings (SSSR count). The summed E-state index contributed by atoms with van der Waals surface area (Å²) in [6.45, 7) is 1.97. The summed E-state index contributed by atoms with van der Waals surface area (Å²) in [5, 5.41) is 0. The number of rotatable bonds is 3. The van der Waals surface area contributed by atoms with Gasteiger partial charge in [-0.2, -0.15) is 0 Å². The van der Waals surface area contributed by atoms with Crippen molar-refractivity contribution in [3.05, 3.63) is 42.0 Å². The van der Waals surface area contributed by atoms with Gasteiger partial charge in [0.05, 0.1) is 6.61 Å². The second kappa shape index (κ2) is 5.43. The molecular formula is C13H12FN3O2. The lowest BCUT2D eigenvalue weighted by Gasteiger charge is -2.06. The fourth-order valence-corrected chi connectivity index (χ4v) is 1.54. The number of carbonyl (C=O) groups is 1. The molecule has 1 aromatic carbocycles. The molecule has 0 spiro atoms. The van der Waals surface area contributed by atoms with E-state index in [1.54, 1.807) is 6.92 Å². The maximum atomic E-state index is 13.0. The van der Waals surface area contributed by atoms with Crippen molar-refractivity contribution in [1.82, 2.24) is 9.97 Å². The monoisotopic (exact) mass is 261 g/mol. The van der Waals surface area contributed by atoms with E-state index < -0.39 is 11.8 Å². The number of nitrogens with zero attached hydrogens (tertiary/aromatic N) is 2. The van der Waals surface area contributed by atoms with Gasteiger partial charge in [0.15, 0.2) is 11.5 Å². The number of nitrogens with two attached hydrogens (primary N) is 1. The first-order valence-electron chi connectivity index (χ1n) is 5.67. The molecular weight excluding hydrogens is 249 g/mol. The van der Waals surface area contributed by atoms with Gasteiger partial charge in [-0.25, -0.2) is 19.2 Å². The molecule has 0 amide bonds. The maximum absolute atomic E-state index is 13.0. The molecule has 1 aromatic heterocycles. The van der Waals surface area contributed by atoms with Crippen LogP contribution in [0.3, 0.4) is 0 Å². The molecule has 0 atom stereocenters. The summed E-state index contributed by atoms with van der Waals surface area (Å²) in [6, 6.07) is 5.35. The number of anilines is 1. The zero-order valence-electron chi connectivity index (χ0n) is 10.3. The molecule has 0 aliphatic rings. The van der Waals surface area contributed by atoms with Crippen LogP contribution in [0, 0.1) is 5.82 Å². The van der Waals surface area contributed by atoms with Gasteiger partial charge in [-0.05, 0) is 31.2 Å². The van der Waals surface area contributed by atoms with Crippen LogP contribution in [0.4, 0.5) is 10.1 Å². The summed E-state index contributed by atoms with van der Waals surface area (Å²) < 4.78 is 17.8. The number of nitrogen functional groups attached to an aromatic ring is 1. The minimum absolute atomic E-state index is 0.135. The van der Waals surface area contributed by atoms with E-state index in [1.807, 2.05) is 0 Å². The molecule has 0 bridgehead atoms. The highest BCUT2D eigenvalue weighted by Gasteiger charge is 2.12. The van der Waals surface area contributed by atoms with E-state index >= 15 is 0 Å². The van der Waals surface area contributed by atoms with E-state index in [0.717, 1.165) is 0 Å². The van der Waals surface area contributed by atoms with Gasteiger partial charge in [-0.3, -0.25) is 0 Å². The molecule has 0 radical (unpaired) electrons. The Morgan fingerprint density at radius 2 is 2.21 bits per heavy atom. The van der Waals surface area contributed by atoms with Crippen LogP contribution in [0.25, 0.3) is 11.4 Å². The number of benzene rings is 1. The van der Waals surface area contributed by atoms with E-state index in [0.29, 0.717) is 5.56 Å². The predicted octanol–water partition coefficient (Wildman–Crippen LogP) is 2.04. The normalized spacial score (nSPS) is 10.2. The number of halogens is 1. The van der Waals surface area contributed by atoms with Gasteiger partial charge in [-0.1, -0.05) is 0 Å². The first-order chi connectivity index (χ1) is 9.11. The van der Waals surface area contributed by atoms with Crippen LogP contribution in [-0.2, 0) is 4.74 Å². The molecule has 0 aliphatic carbocycles. The standard InChI is InChI=1S/C13H12FN3O2/c1-2-19-13(18)11-5-6-16-12(17-11)9-4-3-8(14)7-10(9)15/h3-7H,2,15H2,1H3. The number of aromatic nitrogens is 2. The lowest BCUT2D eigenvalue weighted by atomic mass is 10.1. The van der Waals surface area contributed by atoms with E-state index in [4.69, 9.17) is 10.5 Å². The average molecular weight is 261 g/mol. The Morgan fingerprint density at radius 1 is 1.42 bits per heavy atom. The number of ether oxygens (including phenoxy) is 1. The first kappa shape index (κ1) is 12.9. The van der Waals surface area contributed by atoms with Gasteiger partial charge in [0.2, 0.25) is 0 Å². The van der Waals surface area contributed by atoms with Crippen molar-refractivity contribution >= 4 is 11.7 Å². The Morgan fingerprint density at radius 3 is 2.89 bits per heavy atom. The average Bonchev–Trinajstić information content (AvgIpc) is 2.39. The number of esters is 1. The summed E-state index contributed by atoms with van der Waals surface area (Å²) >= 11 is 0. The second-order valence-corrected chi connectivity index (χ2v) is 3.72. The van der Waals surface area contributed by atoms with Crippen LogP contribution in [0.15, 0.2) is 30.5 Å². The largest absolute Gasteiger partial charge is 0.461 e. The van der Waals surface area contributed by atoms with Crippen LogP contribution in [-0.4, -0.2) is 22.5 Å². The number of hydrogen-bond donors (Lipinski definition) is 1. The Hall–Kier alpha value is -2.50. The molecule has 2 aromatic rings. The highest BCUT2D eigenvalue weighted by molar-refractivity contribution is 5.88. The Kier molecular flexibility index (Phi) is 3.70. The van der Waals surface area contributed by atoms with Gasteiger partial charge in [0.1, 0.15) is 5.82 Å². The molecule has 6 heteroatoms. The van der Waals surface area contributed by atoms with E-state index in [-0.39, 0.29) is 23.8 Å². The van der Waals surface area contributed by atoms with Crippen molar-refractivity contribution in [2.45, 2.75) is 6.92 Å². The molecule has 0 saturated heterocycles. The third-order valence-corrected chi connectivity index (χ3v) is 2.39. The van der Waals surface area contributed by atoms with Crippen LogP contribution in [0.1, 0.15) is 17.4 Å². The summed E-state index contributed by atoms with van der Waals surface area (Å²) in [5.74, 6) is -0.724. The van der Waals surface area contributed by atoms with Crippen molar-refractivity contribution in [2.24, 2.45) is 0 Å². The third kappa shape index (κ3) is 2.85. The summed E-state index contributed by atoms with van der Waals surface area (Å²) in [7, 11) is 0. The van der Waals surface area contributed by atoms with Crippen LogP contribution >= 0.6 is 0 Å². The molecule has 0 saturated carbocycles. The number of hydrogen-bond acceptors (Lipinski definition) is 5. The third-order valence-electron chi connectivity index (χ3n) is 2.39. The van der Waals surface area contributed by atoms with Gasteiger partial charge < -0.3 is 10.5 Å². The lowest BCUT2D eigenvalue weighted by molar-refractivity contribution is 0.0519. The molecule has 0 aliphatic heterocycles. The SMILES string of the molecule is CCOC(=O)c1ccnc(-c2ccc(F)cc2N)n1. The predicted molar refractivity (Wildman–Crippen MR) is 67.8 cm³/mol. The van der Waals surface area contributed by atoms with Crippen LogP contribution in [0.2, 0.25) is 0 Å². The highest BCUT2D eigenvalue weighted by atomic mass is 19.1. The molecule has 5 nitrogen and oxygen atoms in total.